The minimum absolute atomic E-state index is 0.0702. The van der Waals surface area contributed by atoms with Crippen molar-refractivity contribution in [3.63, 3.8) is 0 Å². The van der Waals surface area contributed by atoms with Crippen LogP contribution in [0, 0.1) is 5.92 Å². The minimum Gasteiger partial charge on any atom is -0.444 e. The molecule has 1 amide bonds. The second-order valence-corrected chi connectivity index (χ2v) is 9.29. The van der Waals surface area contributed by atoms with Crippen LogP contribution < -0.4 is 5.32 Å². The molecule has 0 spiro atoms. The fraction of sp³-hybridized carbons (Fsp3) is 0.842. The minimum atomic E-state index is -0.499. The van der Waals surface area contributed by atoms with Gasteiger partial charge in [-0.1, -0.05) is 31.3 Å². The Hall–Kier alpha value is -1.01. The van der Waals surface area contributed by atoms with Crippen LogP contribution in [-0.2, 0) is 14.0 Å². The summed E-state index contributed by atoms with van der Waals surface area (Å²) in [7, 11) is -0.394. The van der Waals surface area contributed by atoms with Crippen molar-refractivity contribution in [2.24, 2.45) is 5.92 Å². The van der Waals surface area contributed by atoms with Gasteiger partial charge in [0.2, 0.25) is 0 Å². The lowest BCUT2D eigenvalue weighted by Crippen LogP contribution is -2.41. The van der Waals surface area contributed by atoms with Gasteiger partial charge in [-0.15, -0.1) is 0 Å². The molecule has 1 aliphatic heterocycles. The van der Waals surface area contributed by atoms with Crippen LogP contribution >= 0.6 is 0 Å². The number of hydrogen-bond donors (Lipinski definition) is 1. The summed E-state index contributed by atoms with van der Waals surface area (Å²) in [6.45, 7) is 13.7. The SMILES string of the molecule is CC(C)(C)OC(=O)NC(/C=C/B1OC(C)(C)C(C)(C)O1)CC1CCC1. The van der Waals surface area contributed by atoms with E-state index in [-0.39, 0.29) is 23.3 Å². The molecule has 1 saturated heterocycles. The van der Waals surface area contributed by atoms with E-state index < -0.39 is 12.7 Å². The van der Waals surface area contributed by atoms with Crippen molar-refractivity contribution in [2.75, 3.05) is 0 Å². The summed E-state index contributed by atoms with van der Waals surface area (Å²) >= 11 is 0. The second-order valence-electron chi connectivity index (χ2n) is 9.29. The maximum Gasteiger partial charge on any atom is 0.486 e. The third-order valence-electron chi connectivity index (χ3n) is 5.29. The van der Waals surface area contributed by atoms with Crippen molar-refractivity contribution in [1.82, 2.24) is 5.32 Å². The zero-order valence-electron chi connectivity index (χ0n) is 16.8. The summed E-state index contributed by atoms with van der Waals surface area (Å²) in [4.78, 5) is 12.1. The van der Waals surface area contributed by atoms with Crippen LogP contribution in [0.25, 0.3) is 0 Å². The van der Waals surface area contributed by atoms with E-state index >= 15 is 0 Å². The summed E-state index contributed by atoms with van der Waals surface area (Å²) in [6, 6.07) is -0.0702. The second kappa shape index (κ2) is 7.32. The summed E-state index contributed by atoms with van der Waals surface area (Å²) < 4.78 is 17.4. The highest BCUT2D eigenvalue weighted by atomic mass is 16.7. The average molecular weight is 351 g/mol. The number of rotatable bonds is 5. The van der Waals surface area contributed by atoms with Crippen molar-refractivity contribution < 1.29 is 18.8 Å². The smallest absolute Gasteiger partial charge is 0.444 e. The number of carbonyl (C=O) groups excluding carboxylic acids is 1. The number of nitrogens with one attached hydrogen (secondary N) is 1. The van der Waals surface area contributed by atoms with Crippen LogP contribution in [0.1, 0.15) is 74.1 Å². The fourth-order valence-electron chi connectivity index (χ4n) is 2.92. The molecule has 0 radical (unpaired) electrons. The Kier molecular flexibility index (Phi) is 5.94. The lowest BCUT2D eigenvalue weighted by molar-refractivity contribution is 0.00578. The van der Waals surface area contributed by atoms with Crippen molar-refractivity contribution in [3.8, 4) is 0 Å². The molecule has 0 bridgehead atoms. The highest BCUT2D eigenvalue weighted by Crippen LogP contribution is 2.37. The Morgan fingerprint density at radius 1 is 1.24 bits per heavy atom. The normalized spacial score (nSPS) is 24.2. The first kappa shape index (κ1) is 20.3. The lowest BCUT2D eigenvalue weighted by Gasteiger charge is -2.32. The van der Waals surface area contributed by atoms with Gasteiger partial charge >= 0.3 is 13.2 Å². The molecule has 1 unspecified atom stereocenters. The maximum atomic E-state index is 12.1. The molecule has 1 atom stereocenters. The summed E-state index contributed by atoms with van der Waals surface area (Å²) in [5, 5.41) is 2.98. The van der Waals surface area contributed by atoms with E-state index in [1.165, 1.54) is 19.3 Å². The van der Waals surface area contributed by atoms with Gasteiger partial charge in [-0.05, 0) is 60.8 Å². The molecular weight excluding hydrogens is 317 g/mol. The predicted molar refractivity (Wildman–Crippen MR) is 100 cm³/mol. The van der Waals surface area contributed by atoms with E-state index in [0.29, 0.717) is 5.92 Å². The molecule has 1 heterocycles. The number of hydrogen-bond acceptors (Lipinski definition) is 4. The summed E-state index contributed by atoms with van der Waals surface area (Å²) in [5.41, 5.74) is -1.21. The quantitative estimate of drug-likeness (QED) is 0.752. The average Bonchev–Trinajstić information content (AvgIpc) is 2.56. The Labute approximate surface area is 153 Å². The Morgan fingerprint density at radius 2 is 1.80 bits per heavy atom. The molecule has 2 aliphatic rings. The maximum absolute atomic E-state index is 12.1. The molecule has 2 rings (SSSR count). The van der Waals surface area contributed by atoms with Crippen LogP contribution in [0.3, 0.4) is 0 Å². The number of ether oxygens (including phenoxy) is 1. The van der Waals surface area contributed by atoms with Gasteiger partial charge in [0.1, 0.15) is 5.60 Å². The van der Waals surface area contributed by atoms with Crippen molar-refractivity contribution in [1.29, 1.82) is 0 Å². The molecule has 2 fully saturated rings. The summed E-state index contributed by atoms with van der Waals surface area (Å²) in [5.74, 6) is 2.58. The van der Waals surface area contributed by atoms with E-state index in [9.17, 15) is 4.79 Å². The van der Waals surface area contributed by atoms with Gasteiger partial charge < -0.3 is 19.4 Å². The Bertz CT molecular complexity index is 490. The molecule has 1 aliphatic carbocycles. The third-order valence-corrected chi connectivity index (χ3v) is 5.29. The van der Waals surface area contributed by atoms with Gasteiger partial charge in [-0.2, -0.15) is 0 Å². The van der Waals surface area contributed by atoms with Gasteiger partial charge in [-0.25, -0.2) is 4.79 Å². The highest BCUT2D eigenvalue weighted by molar-refractivity contribution is 6.51. The fourth-order valence-corrected chi connectivity index (χ4v) is 2.92. The zero-order valence-corrected chi connectivity index (χ0v) is 16.8. The molecule has 25 heavy (non-hydrogen) atoms. The van der Waals surface area contributed by atoms with Crippen LogP contribution in [-0.4, -0.2) is 36.1 Å². The van der Waals surface area contributed by atoms with Gasteiger partial charge in [0, 0.05) is 0 Å². The topological polar surface area (TPSA) is 56.8 Å². The number of carbonyl (C=O) groups is 1. The summed E-state index contributed by atoms with van der Waals surface area (Å²) in [6.07, 6.45) is 6.29. The molecule has 0 aromatic heterocycles. The van der Waals surface area contributed by atoms with E-state index in [1.807, 2.05) is 60.5 Å². The largest absolute Gasteiger partial charge is 0.486 e. The molecule has 1 N–H and O–H groups in total. The molecule has 142 valence electrons. The van der Waals surface area contributed by atoms with E-state index in [1.54, 1.807) is 0 Å². The Balaban J connectivity index is 1.97. The van der Waals surface area contributed by atoms with Gasteiger partial charge in [0.05, 0.1) is 17.2 Å². The van der Waals surface area contributed by atoms with Gasteiger partial charge in [0.15, 0.2) is 0 Å². The van der Waals surface area contributed by atoms with Crippen LogP contribution in [0.5, 0.6) is 0 Å². The molecule has 0 aromatic carbocycles. The Morgan fingerprint density at radius 3 is 2.24 bits per heavy atom. The molecular formula is C19H34BNO4. The van der Waals surface area contributed by atoms with Crippen molar-refractivity contribution >= 4 is 13.2 Å². The zero-order chi connectivity index (χ0) is 18.9. The number of alkyl carbamates (subject to hydrolysis) is 1. The molecule has 1 saturated carbocycles. The van der Waals surface area contributed by atoms with E-state index in [2.05, 4.69) is 5.32 Å². The standard InChI is InChI=1S/C19H34BNO4/c1-17(2,3)23-16(22)21-15(13-14-9-8-10-14)11-12-20-24-18(4,5)19(6,7)25-20/h11-12,14-15H,8-10,13H2,1-7H3,(H,21,22)/b12-11+. The monoisotopic (exact) mass is 351 g/mol. The van der Waals surface area contributed by atoms with Crippen LogP contribution in [0.2, 0.25) is 0 Å². The first-order chi connectivity index (χ1) is 11.4. The predicted octanol–water partition coefficient (Wildman–Crippen LogP) is 4.26. The van der Waals surface area contributed by atoms with Gasteiger partial charge in [-0.3, -0.25) is 0 Å². The molecule has 0 aromatic rings. The first-order valence-corrected chi connectivity index (χ1v) is 9.41. The van der Waals surface area contributed by atoms with E-state index in [4.69, 9.17) is 14.0 Å². The lowest BCUT2D eigenvalue weighted by atomic mass is 9.80. The highest BCUT2D eigenvalue weighted by Gasteiger charge is 2.50. The first-order valence-electron chi connectivity index (χ1n) is 9.41. The molecule has 6 heteroatoms. The van der Waals surface area contributed by atoms with E-state index in [0.717, 1.165) is 6.42 Å². The van der Waals surface area contributed by atoms with Crippen LogP contribution in [0.15, 0.2) is 12.1 Å². The van der Waals surface area contributed by atoms with Crippen LogP contribution in [0.4, 0.5) is 4.79 Å². The van der Waals surface area contributed by atoms with Gasteiger partial charge in [0.25, 0.3) is 0 Å². The molecule has 5 nitrogen and oxygen atoms in total. The van der Waals surface area contributed by atoms with Crippen molar-refractivity contribution in [3.05, 3.63) is 12.1 Å². The van der Waals surface area contributed by atoms with Crippen molar-refractivity contribution in [2.45, 2.75) is 97.0 Å². The number of amides is 1. The third kappa shape index (κ3) is 5.75.